The van der Waals surface area contributed by atoms with Gasteiger partial charge < -0.3 is 4.74 Å². The monoisotopic (exact) mass is 389 g/mol. The molecule has 0 saturated carbocycles. The maximum atomic E-state index is 12.4. The van der Waals surface area contributed by atoms with E-state index in [0.29, 0.717) is 37.8 Å². The SMILES string of the molecule is COC(=O)CCCN1C(=O)/C(=C/c2ccc(Cl)cc2Cl)SC1=S. The van der Waals surface area contributed by atoms with E-state index < -0.39 is 0 Å². The van der Waals surface area contributed by atoms with Crippen LogP contribution in [0.3, 0.4) is 0 Å². The molecule has 1 aliphatic heterocycles. The fraction of sp³-hybridized carbons (Fsp3) is 0.267. The summed E-state index contributed by atoms with van der Waals surface area (Å²) >= 11 is 18.4. The van der Waals surface area contributed by atoms with Crippen molar-refractivity contribution >= 4 is 69.5 Å². The molecule has 0 bridgehead atoms. The van der Waals surface area contributed by atoms with Crippen molar-refractivity contribution in [2.75, 3.05) is 13.7 Å². The van der Waals surface area contributed by atoms with Gasteiger partial charge in [-0.2, -0.15) is 0 Å². The second-order valence-electron chi connectivity index (χ2n) is 4.68. The summed E-state index contributed by atoms with van der Waals surface area (Å²) in [4.78, 5) is 25.5. The number of amides is 1. The third-order valence-electron chi connectivity index (χ3n) is 3.11. The summed E-state index contributed by atoms with van der Waals surface area (Å²) in [6, 6.07) is 5.07. The number of thioether (sulfide) groups is 1. The van der Waals surface area contributed by atoms with Crippen molar-refractivity contribution < 1.29 is 14.3 Å². The van der Waals surface area contributed by atoms with Crippen LogP contribution in [0.2, 0.25) is 10.0 Å². The van der Waals surface area contributed by atoms with Crippen LogP contribution in [0, 0.1) is 0 Å². The van der Waals surface area contributed by atoms with Gasteiger partial charge in [0, 0.05) is 23.0 Å². The Balaban J connectivity index is 2.08. The van der Waals surface area contributed by atoms with Gasteiger partial charge in [-0.05, 0) is 30.2 Å². The molecule has 1 amide bonds. The molecule has 0 spiro atoms. The zero-order chi connectivity index (χ0) is 17.0. The number of carbonyl (C=O) groups is 2. The van der Waals surface area contributed by atoms with Crippen LogP contribution < -0.4 is 0 Å². The Labute approximate surface area is 153 Å². The van der Waals surface area contributed by atoms with E-state index in [4.69, 9.17) is 35.4 Å². The minimum Gasteiger partial charge on any atom is -0.469 e. The Hall–Kier alpha value is -1.08. The third-order valence-corrected chi connectivity index (χ3v) is 5.05. The summed E-state index contributed by atoms with van der Waals surface area (Å²) in [5.41, 5.74) is 0.700. The first kappa shape index (κ1) is 18.3. The average molecular weight is 390 g/mol. The molecule has 1 aromatic rings. The molecule has 0 radical (unpaired) electrons. The predicted molar refractivity (Wildman–Crippen MR) is 97.6 cm³/mol. The lowest BCUT2D eigenvalue weighted by Crippen LogP contribution is -2.29. The van der Waals surface area contributed by atoms with Crippen LogP contribution >= 0.6 is 47.2 Å². The van der Waals surface area contributed by atoms with E-state index in [-0.39, 0.29) is 18.3 Å². The zero-order valence-electron chi connectivity index (χ0n) is 12.2. The number of esters is 1. The predicted octanol–water partition coefficient (Wildman–Crippen LogP) is 4.15. The molecule has 1 aromatic carbocycles. The van der Waals surface area contributed by atoms with E-state index in [1.807, 2.05) is 0 Å². The highest BCUT2D eigenvalue weighted by Crippen LogP contribution is 2.34. The van der Waals surface area contributed by atoms with E-state index >= 15 is 0 Å². The fourth-order valence-corrected chi connectivity index (χ4v) is 3.70. The van der Waals surface area contributed by atoms with E-state index in [1.54, 1.807) is 24.3 Å². The quantitative estimate of drug-likeness (QED) is 0.430. The molecule has 1 aliphatic rings. The molecule has 1 heterocycles. The number of nitrogens with zero attached hydrogens (tertiary/aromatic N) is 1. The third kappa shape index (κ3) is 4.70. The van der Waals surface area contributed by atoms with Crippen LogP contribution in [-0.2, 0) is 14.3 Å². The van der Waals surface area contributed by atoms with Gasteiger partial charge in [-0.1, -0.05) is 53.2 Å². The van der Waals surface area contributed by atoms with Crippen molar-refractivity contribution in [2.45, 2.75) is 12.8 Å². The molecule has 1 fully saturated rings. The van der Waals surface area contributed by atoms with Crippen molar-refractivity contribution in [2.24, 2.45) is 0 Å². The molecule has 0 aromatic heterocycles. The molecule has 8 heteroatoms. The summed E-state index contributed by atoms with van der Waals surface area (Å²) in [5, 5.41) is 0.996. The van der Waals surface area contributed by atoms with E-state index in [2.05, 4.69) is 4.74 Å². The lowest BCUT2D eigenvalue weighted by atomic mass is 10.2. The maximum Gasteiger partial charge on any atom is 0.305 e. The normalized spacial score (nSPS) is 16.3. The van der Waals surface area contributed by atoms with Crippen molar-refractivity contribution in [3.63, 3.8) is 0 Å². The van der Waals surface area contributed by atoms with Crippen molar-refractivity contribution in [1.29, 1.82) is 0 Å². The number of hydrogen-bond acceptors (Lipinski definition) is 5. The Morgan fingerprint density at radius 1 is 1.43 bits per heavy atom. The maximum absolute atomic E-state index is 12.4. The van der Waals surface area contributed by atoms with Crippen molar-refractivity contribution in [1.82, 2.24) is 4.90 Å². The Morgan fingerprint density at radius 3 is 2.83 bits per heavy atom. The van der Waals surface area contributed by atoms with E-state index in [1.165, 1.54) is 23.8 Å². The van der Waals surface area contributed by atoms with E-state index in [0.717, 1.165) is 0 Å². The summed E-state index contributed by atoms with van der Waals surface area (Å²) in [5.74, 6) is -0.491. The molecule has 4 nitrogen and oxygen atoms in total. The lowest BCUT2D eigenvalue weighted by Gasteiger charge is -2.13. The van der Waals surface area contributed by atoms with Crippen molar-refractivity contribution in [3.05, 3.63) is 38.7 Å². The second-order valence-corrected chi connectivity index (χ2v) is 7.20. The molecule has 2 rings (SSSR count). The van der Waals surface area contributed by atoms with Gasteiger partial charge in [-0.15, -0.1) is 0 Å². The Bertz CT molecular complexity index is 691. The van der Waals surface area contributed by atoms with Crippen LogP contribution in [0.25, 0.3) is 6.08 Å². The summed E-state index contributed by atoms with van der Waals surface area (Å²) in [6.07, 6.45) is 2.43. The van der Waals surface area contributed by atoms with Crippen LogP contribution in [-0.4, -0.2) is 34.8 Å². The van der Waals surface area contributed by atoms with Crippen LogP contribution in [0.15, 0.2) is 23.1 Å². The highest BCUT2D eigenvalue weighted by atomic mass is 35.5. The molecule has 23 heavy (non-hydrogen) atoms. The number of hydrogen-bond donors (Lipinski definition) is 0. The summed E-state index contributed by atoms with van der Waals surface area (Å²) < 4.78 is 5.04. The standard InChI is InChI=1S/C15H13Cl2NO3S2/c1-21-13(19)3-2-6-18-14(20)12(23-15(18)22)7-9-4-5-10(16)8-11(9)17/h4-5,7-8H,2-3,6H2,1H3/b12-7-. The first-order valence-corrected chi connectivity index (χ1v) is 8.67. The number of ether oxygens (including phenoxy) is 1. The highest BCUT2D eigenvalue weighted by Gasteiger charge is 2.31. The summed E-state index contributed by atoms with van der Waals surface area (Å²) in [7, 11) is 1.33. The molecular weight excluding hydrogens is 377 g/mol. The number of methoxy groups -OCH3 is 1. The van der Waals surface area contributed by atoms with Gasteiger partial charge in [-0.3, -0.25) is 14.5 Å². The molecular formula is C15H13Cl2NO3S2. The zero-order valence-corrected chi connectivity index (χ0v) is 15.3. The second kappa shape index (κ2) is 8.15. The van der Waals surface area contributed by atoms with Gasteiger partial charge in [-0.25, -0.2) is 0 Å². The van der Waals surface area contributed by atoms with Gasteiger partial charge in [0.15, 0.2) is 0 Å². The fourth-order valence-electron chi connectivity index (χ4n) is 1.94. The van der Waals surface area contributed by atoms with Crippen LogP contribution in [0.5, 0.6) is 0 Å². The minimum absolute atomic E-state index is 0.184. The van der Waals surface area contributed by atoms with Gasteiger partial charge in [0.05, 0.1) is 12.0 Å². The first-order chi connectivity index (χ1) is 10.9. The number of carbonyl (C=O) groups excluding carboxylic acids is 2. The number of thiocarbonyl (C=S) groups is 1. The van der Waals surface area contributed by atoms with Crippen LogP contribution in [0.1, 0.15) is 18.4 Å². The average Bonchev–Trinajstić information content (AvgIpc) is 2.77. The smallest absolute Gasteiger partial charge is 0.305 e. The van der Waals surface area contributed by atoms with Gasteiger partial charge in [0.25, 0.3) is 5.91 Å². The van der Waals surface area contributed by atoms with E-state index in [9.17, 15) is 9.59 Å². The van der Waals surface area contributed by atoms with Gasteiger partial charge in [0.1, 0.15) is 4.32 Å². The lowest BCUT2D eigenvalue weighted by molar-refractivity contribution is -0.141. The number of benzene rings is 1. The number of halogens is 2. The van der Waals surface area contributed by atoms with Gasteiger partial charge >= 0.3 is 5.97 Å². The van der Waals surface area contributed by atoms with Gasteiger partial charge in [0.2, 0.25) is 0 Å². The Morgan fingerprint density at radius 2 is 2.17 bits per heavy atom. The first-order valence-electron chi connectivity index (χ1n) is 6.69. The summed E-state index contributed by atoms with van der Waals surface area (Å²) in [6.45, 7) is 0.380. The topological polar surface area (TPSA) is 46.6 Å². The molecule has 122 valence electrons. The molecule has 0 atom stereocenters. The molecule has 0 aliphatic carbocycles. The number of rotatable bonds is 5. The van der Waals surface area contributed by atoms with Crippen molar-refractivity contribution in [3.8, 4) is 0 Å². The van der Waals surface area contributed by atoms with Crippen LogP contribution in [0.4, 0.5) is 0 Å². The molecule has 0 N–H and O–H groups in total. The molecule has 1 saturated heterocycles. The Kier molecular flexibility index (Phi) is 6.47. The largest absolute Gasteiger partial charge is 0.469 e. The minimum atomic E-state index is -0.307. The highest BCUT2D eigenvalue weighted by molar-refractivity contribution is 8.26. The molecule has 0 unspecified atom stereocenters.